The van der Waals surface area contributed by atoms with Crippen LogP contribution >= 0.6 is 24.0 Å². The fraction of sp³-hybridized carbons (Fsp3) is 0.565. The van der Waals surface area contributed by atoms with Crippen LogP contribution in [-0.2, 0) is 9.53 Å². The first-order valence-corrected chi connectivity index (χ1v) is 11.4. The van der Waals surface area contributed by atoms with Crippen molar-refractivity contribution < 1.29 is 19.1 Å². The van der Waals surface area contributed by atoms with Crippen molar-refractivity contribution in [3.63, 3.8) is 0 Å². The summed E-state index contributed by atoms with van der Waals surface area (Å²) in [5.74, 6) is 0.516. The molecule has 0 aliphatic carbocycles. The number of halogens is 1. The molecule has 2 saturated heterocycles. The molecule has 2 fully saturated rings. The SMILES string of the molecule is CN=C(NCCCCN1C(=O)c2ccccc2C1=O)N1CCN(C(=O)C2CCCO2)CC1.I. The number of amides is 3. The van der Waals surface area contributed by atoms with Crippen molar-refractivity contribution in [3.05, 3.63) is 35.4 Å². The lowest BCUT2D eigenvalue weighted by atomic mass is 10.1. The lowest BCUT2D eigenvalue weighted by Crippen LogP contribution is -2.55. The molecule has 0 saturated carbocycles. The summed E-state index contributed by atoms with van der Waals surface area (Å²) < 4.78 is 5.52. The first kappa shape index (κ1) is 25.4. The Balaban J connectivity index is 0.00000306. The summed E-state index contributed by atoms with van der Waals surface area (Å²) in [6, 6.07) is 6.97. The third kappa shape index (κ3) is 5.65. The first-order valence-electron chi connectivity index (χ1n) is 11.4. The van der Waals surface area contributed by atoms with Gasteiger partial charge in [0.05, 0.1) is 11.1 Å². The Labute approximate surface area is 211 Å². The molecule has 0 bridgehead atoms. The molecule has 0 radical (unpaired) electrons. The van der Waals surface area contributed by atoms with Crippen LogP contribution in [0.2, 0.25) is 0 Å². The van der Waals surface area contributed by atoms with Crippen LogP contribution in [0.15, 0.2) is 29.3 Å². The number of carbonyl (C=O) groups is 3. The van der Waals surface area contributed by atoms with Gasteiger partial charge in [0.2, 0.25) is 0 Å². The molecule has 10 heteroatoms. The highest BCUT2D eigenvalue weighted by Crippen LogP contribution is 2.22. The standard InChI is InChI=1S/C23H31N5O4.HI/c1-24-23(27-14-12-26(13-15-27)22(31)19-9-6-16-32-19)25-10-4-5-11-28-20(29)17-7-2-3-8-18(17)21(28)30;/h2-3,7-8,19H,4-6,9-16H2,1H3,(H,24,25);1H. The number of guanidine groups is 1. The Morgan fingerprint density at radius 2 is 1.70 bits per heavy atom. The molecule has 1 unspecified atom stereocenters. The summed E-state index contributed by atoms with van der Waals surface area (Å²) in [4.78, 5) is 47.1. The second-order valence-corrected chi connectivity index (χ2v) is 8.30. The minimum absolute atomic E-state index is 0. The molecule has 3 heterocycles. The maximum atomic E-state index is 12.5. The van der Waals surface area contributed by atoms with E-state index in [1.165, 1.54) is 4.90 Å². The van der Waals surface area contributed by atoms with Gasteiger partial charge in [0, 0.05) is 52.9 Å². The van der Waals surface area contributed by atoms with Crippen molar-refractivity contribution in [1.82, 2.24) is 20.0 Å². The zero-order chi connectivity index (χ0) is 22.5. The van der Waals surface area contributed by atoms with Gasteiger partial charge in [-0.15, -0.1) is 24.0 Å². The van der Waals surface area contributed by atoms with Gasteiger partial charge >= 0.3 is 0 Å². The quantitative estimate of drug-likeness (QED) is 0.184. The number of imide groups is 1. The second kappa shape index (κ2) is 11.8. The van der Waals surface area contributed by atoms with Crippen LogP contribution in [0.4, 0.5) is 0 Å². The zero-order valence-corrected chi connectivity index (χ0v) is 21.3. The van der Waals surface area contributed by atoms with E-state index in [0.29, 0.717) is 43.9 Å². The highest BCUT2D eigenvalue weighted by molar-refractivity contribution is 14.0. The molecule has 1 N–H and O–H groups in total. The van der Waals surface area contributed by atoms with Gasteiger partial charge in [-0.1, -0.05) is 12.1 Å². The molecule has 180 valence electrons. The number of carbonyl (C=O) groups excluding carboxylic acids is 3. The molecular formula is C23H32IN5O4. The number of rotatable bonds is 6. The van der Waals surface area contributed by atoms with Crippen LogP contribution in [0.1, 0.15) is 46.4 Å². The fourth-order valence-corrected chi connectivity index (χ4v) is 4.48. The van der Waals surface area contributed by atoms with E-state index in [2.05, 4.69) is 15.2 Å². The molecule has 0 aromatic heterocycles. The second-order valence-electron chi connectivity index (χ2n) is 8.30. The van der Waals surface area contributed by atoms with Crippen LogP contribution in [0.5, 0.6) is 0 Å². The maximum absolute atomic E-state index is 12.5. The Morgan fingerprint density at radius 3 is 2.27 bits per heavy atom. The molecule has 9 nitrogen and oxygen atoms in total. The Kier molecular flexibility index (Phi) is 9.07. The highest BCUT2D eigenvalue weighted by atomic mass is 127. The van der Waals surface area contributed by atoms with E-state index in [9.17, 15) is 14.4 Å². The lowest BCUT2D eigenvalue weighted by Gasteiger charge is -2.37. The van der Waals surface area contributed by atoms with Crippen LogP contribution in [0.25, 0.3) is 0 Å². The van der Waals surface area contributed by atoms with Gasteiger partial charge in [0.25, 0.3) is 17.7 Å². The van der Waals surface area contributed by atoms with E-state index < -0.39 is 0 Å². The molecule has 3 amide bonds. The number of aliphatic imine (C=N–C) groups is 1. The monoisotopic (exact) mass is 569 g/mol. The van der Waals surface area contributed by atoms with E-state index in [-0.39, 0.29) is 47.8 Å². The number of unbranched alkanes of at least 4 members (excludes halogenated alkanes) is 1. The van der Waals surface area contributed by atoms with Crippen LogP contribution in [0, 0.1) is 0 Å². The predicted octanol–water partition coefficient (Wildman–Crippen LogP) is 1.58. The summed E-state index contributed by atoms with van der Waals surface area (Å²) in [5.41, 5.74) is 0.987. The summed E-state index contributed by atoms with van der Waals surface area (Å²) in [6.07, 6.45) is 3.05. The van der Waals surface area contributed by atoms with Crippen LogP contribution in [-0.4, -0.2) is 97.4 Å². The Hall–Kier alpha value is -2.21. The van der Waals surface area contributed by atoms with E-state index in [1.54, 1.807) is 31.3 Å². The maximum Gasteiger partial charge on any atom is 0.261 e. The minimum atomic E-state index is -0.263. The molecule has 0 spiro atoms. The van der Waals surface area contributed by atoms with E-state index >= 15 is 0 Å². The number of hydrogen-bond acceptors (Lipinski definition) is 5. The summed E-state index contributed by atoms with van der Waals surface area (Å²) >= 11 is 0. The van der Waals surface area contributed by atoms with Crippen molar-refractivity contribution >= 4 is 47.7 Å². The minimum Gasteiger partial charge on any atom is -0.368 e. The average molecular weight is 569 g/mol. The van der Waals surface area contributed by atoms with Gasteiger partial charge < -0.3 is 19.9 Å². The number of benzene rings is 1. The smallest absolute Gasteiger partial charge is 0.261 e. The summed E-state index contributed by atoms with van der Waals surface area (Å²) in [7, 11) is 1.75. The van der Waals surface area contributed by atoms with Crippen LogP contribution in [0.3, 0.4) is 0 Å². The van der Waals surface area contributed by atoms with Gasteiger partial charge in [-0.25, -0.2) is 0 Å². The van der Waals surface area contributed by atoms with E-state index in [4.69, 9.17) is 4.74 Å². The Morgan fingerprint density at radius 1 is 1.06 bits per heavy atom. The fourth-order valence-electron chi connectivity index (χ4n) is 4.48. The first-order chi connectivity index (χ1) is 15.6. The Bertz CT molecular complexity index is 860. The number of nitrogens with one attached hydrogen (secondary N) is 1. The van der Waals surface area contributed by atoms with Gasteiger partial charge in [0.15, 0.2) is 5.96 Å². The van der Waals surface area contributed by atoms with Crippen LogP contribution < -0.4 is 5.32 Å². The molecule has 4 rings (SSSR count). The molecular weight excluding hydrogens is 537 g/mol. The molecule has 3 aliphatic heterocycles. The van der Waals surface area contributed by atoms with Gasteiger partial charge in [-0.05, 0) is 37.8 Å². The van der Waals surface area contributed by atoms with Crippen molar-refractivity contribution in [3.8, 4) is 0 Å². The topological polar surface area (TPSA) is 94.5 Å². The molecule has 1 aromatic rings. The molecule has 33 heavy (non-hydrogen) atoms. The molecule has 1 atom stereocenters. The highest BCUT2D eigenvalue weighted by Gasteiger charge is 2.34. The van der Waals surface area contributed by atoms with E-state index in [0.717, 1.165) is 44.7 Å². The number of ether oxygens (including phenoxy) is 1. The van der Waals surface area contributed by atoms with Crippen molar-refractivity contribution in [2.24, 2.45) is 4.99 Å². The molecule has 1 aromatic carbocycles. The largest absolute Gasteiger partial charge is 0.368 e. The number of nitrogens with zero attached hydrogens (tertiary/aromatic N) is 4. The summed E-state index contributed by atoms with van der Waals surface area (Å²) in [5, 5.41) is 3.36. The third-order valence-corrected chi connectivity index (χ3v) is 6.28. The number of piperazine rings is 1. The number of fused-ring (bicyclic) bond motifs is 1. The van der Waals surface area contributed by atoms with Crippen molar-refractivity contribution in [2.45, 2.75) is 31.8 Å². The lowest BCUT2D eigenvalue weighted by molar-refractivity contribution is -0.142. The van der Waals surface area contributed by atoms with E-state index in [1.807, 2.05) is 4.90 Å². The van der Waals surface area contributed by atoms with Gasteiger partial charge in [-0.2, -0.15) is 0 Å². The van der Waals surface area contributed by atoms with Gasteiger partial charge in [0.1, 0.15) is 6.10 Å². The predicted molar refractivity (Wildman–Crippen MR) is 135 cm³/mol. The number of hydrogen-bond donors (Lipinski definition) is 1. The zero-order valence-electron chi connectivity index (χ0n) is 19.0. The summed E-state index contributed by atoms with van der Waals surface area (Å²) in [6.45, 7) is 4.58. The molecule has 3 aliphatic rings. The van der Waals surface area contributed by atoms with Crippen molar-refractivity contribution in [2.75, 3.05) is 52.9 Å². The average Bonchev–Trinajstić information content (AvgIpc) is 3.45. The van der Waals surface area contributed by atoms with Gasteiger partial charge in [-0.3, -0.25) is 24.3 Å². The van der Waals surface area contributed by atoms with Crippen molar-refractivity contribution in [1.29, 1.82) is 0 Å². The third-order valence-electron chi connectivity index (χ3n) is 6.28. The normalized spacial score (nSPS) is 20.7.